The molecule has 0 atom stereocenters. The number of benzene rings is 1. The fraction of sp³-hybridized carbons (Fsp3) is 0.556. The highest BCUT2D eigenvalue weighted by atomic mass is 16.1. The number of carbonyl (C=O) groups excluding carboxylic acids is 1. The number of hydrogen-bond acceptors (Lipinski definition) is 3. The Labute approximate surface area is 127 Å². The summed E-state index contributed by atoms with van der Waals surface area (Å²) < 4.78 is 0. The van der Waals surface area contributed by atoms with Crippen LogP contribution < -0.4 is 4.90 Å². The van der Waals surface area contributed by atoms with Gasteiger partial charge in [0.2, 0.25) is 0 Å². The van der Waals surface area contributed by atoms with Crippen molar-refractivity contribution in [2.24, 2.45) is 5.92 Å². The SMILES string of the molecule is CCN(CCC#N)c1cccc(C(=O)C2CCCCC2)c1. The Morgan fingerprint density at radius 3 is 2.76 bits per heavy atom. The van der Waals surface area contributed by atoms with Gasteiger partial charge in [0.25, 0.3) is 0 Å². The Kier molecular flexibility index (Phi) is 5.80. The van der Waals surface area contributed by atoms with Gasteiger partial charge in [0.15, 0.2) is 5.78 Å². The normalized spacial score (nSPS) is 15.4. The predicted molar refractivity (Wildman–Crippen MR) is 85.5 cm³/mol. The topological polar surface area (TPSA) is 44.1 Å². The summed E-state index contributed by atoms with van der Waals surface area (Å²) in [4.78, 5) is 14.8. The van der Waals surface area contributed by atoms with Gasteiger partial charge < -0.3 is 4.90 Å². The van der Waals surface area contributed by atoms with E-state index >= 15 is 0 Å². The summed E-state index contributed by atoms with van der Waals surface area (Å²) in [5, 5.41) is 8.74. The molecule has 0 aromatic heterocycles. The van der Waals surface area contributed by atoms with Crippen LogP contribution in [0.25, 0.3) is 0 Å². The Morgan fingerprint density at radius 2 is 2.10 bits per heavy atom. The van der Waals surface area contributed by atoms with Crippen molar-refractivity contribution in [3.63, 3.8) is 0 Å². The van der Waals surface area contributed by atoms with E-state index in [9.17, 15) is 4.79 Å². The molecule has 3 nitrogen and oxygen atoms in total. The lowest BCUT2D eigenvalue weighted by Gasteiger charge is -2.24. The minimum absolute atomic E-state index is 0.211. The second-order valence-electron chi connectivity index (χ2n) is 5.74. The molecule has 1 aliphatic rings. The maximum absolute atomic E-state index is 12.6. The molecule has 1 aliphatic carbocycles. The Morgan fingerprint density at radius 1 is 1.33 bits per heavy atom. The smallest absolute Gasteiger partial charge is 0.166 e. The zero-order valence-corrected chi connectivity index (χ0v) is 12.8. The van der Waals surface area contributed by atoms with Crippen molar-refractivity contribution in [2.45, 2.75) is 45.4 Å². The maximum Gasteiger partial charge on any atom is 0.166 e. The predicted octanol–water partition coefficient (Wildman–Crippen LogP) is 4.19. The van der Waals surface area contributed by atoms with Gasteiger partial charge >= 0.3 is 0 Å². The van der Waals surface area contributed by atoms with Crippen LogP contribution in [0.2, 0.25) is 0 Å². The third kappa shape index (κ3) is 4.07. The molecule has 1 aromatic carbocycles. The number of Topliss-reactive ketones (excluding diaryl/α,β-unsaturated/α-hetero) is 1. The second-order valence-corrected chi connectivity index (χ2v) is 5.74. The van der Waals surface area contributed by atoms with Crippen molar-refractivity contribution < 1.29 is 4.79 Å². The zero-order valence-electron chi connectivity index (χ0n) is 12.8. The number of rotatable bonds is 6. The van der Waals surface area contributed by atoms with Gasteiger partial charge in [-0.3, -0.25) is 4.79 Å². The van der Waals surface area contributed by atoms with Gasteiger partial charge in [-0.15, -0.1) is 0 Å². The molecule has 0 heterocycles. The first-order valence-electron chi connectivity index (χ1n) is 8.02. The van der Waals surface area contributed by atoms with E-state index in [4.69, 9.17) is 5.26 Å². The van der Waals surface area contributed by atoms with Crippen LogP contribution >= 0.6 is 0 Å². The summed E-state index contributed by atoms with van der Waals surface area (Å²) >= 11 is 0. The van der Waals surface area contributed by atoms with Crippen LogP contribution in [0.5, 0.6) is 0 Å². The first kappa shape index (κ1) is 15.6. The summed E-state index contributed by atoms with van der Waals surface area (Å²) in [5.74, 6) is 0.510. The molecule has 0 amide bonds. The number of hydrogen-bond donors (Lipinski definition) is 0. The van der Waals surface area contributed by atoms with Crippen molar-refractivity contribution in [3.8, 4) is 6.07 Å². The molecule has 3 heteroatoms. The minimum Gasteiger partial charge on any atom is -0.371 e. The van der Waals surface area contributed by atoms with Gasteiger partial charge in [0.05, 0.1) is 12.5 Å². The quantitative estimate of drug-likeness (QED) is 0.736. The summed E-state index contributed by atoms with van der Waals surface area (Å²) in [6.45, 7) is 3.64. The van der Waals surface area contributed by atoms with Crippen molar-refractivity contribution in [3.05, 3.63) is 29.8 Å². The lowest BCUT2D eigenvalue weighted by molar-refractivity contribution is 0.0889. The van der Waals surface area contributed by atoms with Crippen LogP contribution in [0.15, 0.2) is 24.3 Å². The Hall–Kier alpha value is -1.82. The van der Waals surface area contributed by atoms with Crippen LogP contribution in [0.4, 0.5) is 5.69 Å². The third-order valence-electron chi connectivity index (χ3n) is 4.35. The number of nitriles is 1. The minimum atomic E-state index is 0.211. The standard InChI is InChI=1S/C18H24N2O/c1-2-20(13-7-12-19)17-11-6-10-16(14-17)18(21)15-8-4-3-5-9-15/h6,10-11,14-15H,2-5,7-9,13H2,1H3. The molecular weight excluding hydrogens is 260 g/mol. The zero-order chi connectivity index (χ0) is 15.1. The van der Waals surface area contributed by atoms with Gasteiger partial charge in [-0.1, -0.05) is 31.4 Å². The molecular formula is C18H24N2O. The van der Waals surface area contributed by atoms with E-state index in [-0.39, 0.29) is 5.92 Å². The fourth-order valence-electron chi connectivity index (χ4n) is 3.11. The lowest BCUT2D eigenvalue weighted by atomic mass is 9.84. The van der Waals surface area contributed by atoms with Crippen LogP contribution in [0.1, 0.15) is 55.8 Å². The molecule has 21 heavy (non-hydrogen) atoms. The van der Waals surface area contributed by atoms with Gasteiger partial charge in [-0.05, 0) is 31.9 Å². The van der Waals surface area contributed by atoms with E-state index in [1.165, 1.54) is 19.3 Å². The van der Waals surface area contributed by atoms with Crippen molar-refractivity contribution >= 4 is 11.5 Å². The Bertz CT molecular complexity index is 512. The van der Waals surface area contributed by atoms with E-state index in [1.807, 2.05) is 24.3 Å². The fourth-order valence-corrected chi connectivity index (χ4v) is 3.11. The molecule has 0 unspecified atom stereocenters. The number of carbonyl (C=O) groups is 1. The summed E-state index contributed by atoms with van der Waals surface area (Å²) in [6.07, 6.45) is 6.21. The van der Waals surface area contributed by atoms with E-state index in [1.54, 1.807) is 0 Å². The lowest BCUT2D eigenvalue weighted by Crippen LogP contribution is -2.24. The number of anilines is 1. The molecule has 1 saturated carbocycles. The molecule has 1 fully saturated rings. The summed E-state index contributed by atoms with van der Waals surface area (Å²) in [5.41, 5.74) is 1.88. The van der Waals surface area contributed by atoms with Crippen LogP contribution in [0, 0.1) is 17.2 Å². The highest BCUT2D eigenvalue weighted by Crippen LogP contribution is 2.28. The Balaban J connectivity index is 2.12. The van der Waals surface area contributed by atoms with Crippen LogP contribution in [-0.4, -0.2) is 18.9 Å². The van der Waals surface area contributed by atoms with E-state index in [0.29, 0.717) is 18.7 Å². The average molecular weight is 284 g/mol. The summed E-state index contributed by atoms with van der Waals surface area (Å²) in [7, 11) is 0. The maximum atomic E-state index is 12.6. The molecule has 2 rings (SSSR count). The molecule has 0 spiro atoms. The molecule has 0 bridgehead atoms. The highest BCUT2D eigenvalue weighted by molar-refractivity contribution is 5.98. The number of ketones is 1. The van der Waals surface area contributed by atoms with Crippen molar-refractivity contribution in [2.75, 3.05) is 18.0 Å². The molecule has 0 aliphatic heterocycles. The highest BCUT2D eigenvalue weighted by Gasteiger charge is 2.22. The first-order chi connectivity index (χ1) is 10.3. The van der Waals surface area contributed by atoms with Gasteiger partial charge in [-0.25, -0.2) is 0 Å². The van der Waals surface area contributed by atoms with E-state index < -0.39 is 0 Å². The molecule has 1 aromatic rings. The second kappa shape index (κ2) is 7.83. The monoisotopic (exact) mass is 284 g/mol. The van der Waals surface area contributed by atoms with Gasteiger partial charge in [-0.2, -0.15) is 5.26 Å². The average Bonchev–Trinajstić information content (AvgIpc) is 2.56. The summed E-state index contributed by atoms with van der Waals surface area (Å²) in [6, 6.07) is 10.1. The largest absolute Gasteiger partial charge is 0.371 e. The molecule has 0 saturated heterocycles. The van der Waals surface area contributed by atoms with Gasteiger partial charge in [0.1, 0.15) is 0 Å². The van der Waals surface area contributed by atoms with Crippen molar-refractivity contribution in [1.82, 2.24) is 0 Å². The number of nitrogens with zero attached hydrogens (tertiary/aromatic N) is 2. The van der Waals surface area contributed by atoms with E-state index in [2.05, 4.69) is 17.9 Å². The van der Waals surface area contributed by atoms with E-state index in [0.717, 1.165) is 30.6 Å². The van der Waals surface area contributed by atoms with Crippen molar-refractivity contribution in [1.29, 1.82) is 5.26 Å². The van der Waals surface area contributed by atoms with Crippen LogP contribution in [-0.2, 0) is 0 Å². The molecule has 0 radical (unpaired) electrons. The first-order valence-corrected chi connectivity index (χ1v) is 8.02. The molecule has 112 valence electrons. The third-order valence-corrected chi connectivity index (χ3v) is 4.35. The van der Waals surface area contributed by atoms with Gasteiger partial charge in [0, 0.05) is 30.3 Å². The van der Waals surface area contributed by atoms with Crippen LogP contribution in [0.3, 0.4) is 0 Å². The molecule has 0 N–H and O–H groups in total.